The van der Waals surface area contributed by atoms with E-state index in [1.807, 2.05) is 0 Å². The Morgan fingerprint density at radius 2 is 1.68 bits per heavy atom. The third-order valence-electron chi connectivity index (χ3n) is 3.69. The summed E-state index contributed by atoms with van der Waals surface area (Å²) >= 11 is -2.54. The maximum atomic E-state index is 13.1. The zero-order valence-corrected chi connectivity index (χ0v) is 14.5. The fourth-order valence-corrected chi connectivity index (χ4v) is 2.77. The average Bonchev–Trinajstić information content (AvgIpc) is 3.07. The maximum Gasteiger partial charge on any atom is 0.435 e. The minimum atomic E-state index is -4.69. The average molecular weight is 411 g/mol. The van der Waals surface area contributed by atoms with Crippen molar-refractivity contribution in [2.45, 2.75) is 6.18 Å². The van der Waals surface area contributed by atoms with Crippen LogP contribution in [0, 0.1) is 10.1 Å². The van der Waals surface area contributed by atoms with Crippen LogP contribution < -0.4 is 4.72 Å². The summed E-state index contributed by atoms with van der Waals surface area (Å²) in [6, 6.07) is 11.3. The molecule has 0 bridgehead atoms. The Labute approximate surface area is 158 Å². The molecule has 8 nitrogen and oxygen atoms in total. The number of nitro groups is 1. The Kier molecular flexibility index (Phi) is 5.16. The van der Waals surface area contributed by atoms with Gasteiger partial charge in [0.15, 0.2) is 5.69 Å². The number of nitrogens with one attached hydrogen (secondary N) is 1. The number of aromatic nitrogens is 2. The molecule has 1 N–H and O–H groups in total. The van der Waals surface area contributed by atoms with Gasteiger partial charge in [-0.3, -0.25) is 14.3 Å². The van der Waals surface area contributed by atoms with Crippen LogP contribution in [0.25, 0.3) is 16.9 Å². The molecular weight excluding hydrogens is 401 g/mol. The molecule has 0 saturated heterocycles. The van der Waals surface area contributed by atoms with Crippen LogP contribution in [0.2, 0.25) is 0 Å². The Morgan fingerprint density at radius 1 is 1.07 bits per heavy atom. The van der Waals surface area contributed by atoms with Gasteiger partial charge in [0.1, 0.15) is 0 Å². The van der Waals surface area contributed by atoms with Gasteiger partial charge in [-0.2, -0.15) is 18.3 Å². The van der Waals surface area contributed by atoms with E-state index in [0.29, 0.717) is 0 Å². The standard InChI is InChI=1S/C16H11F3N4O4S/c17-16(18,19)15-9-14(10-1-5-13(6-2-10)23(24)25)22(20-15)12-7-3-11(4-8-12)21-28(26)27/h1-9,21H,(H,26,27)/p-1. The normalized spacial score (nSPS) is 12.6. The number of nitro benzene ring substituents is 1. The lowest BCUT2D eigenvalue weighted by Gasteiger charge is -2.11. The summed E-state index contributed by atoms with van der Waals surface area (Å²) in [6.45, 7) is 0. The molecule has 1 atom stereocenters. The summed E-state index contributed by atoms with van der Waals surface area (Å²) in [7, 11) is 0. The van der Waals surface area contributed by atoms with E-state index < -0.39 is 28.1 Å². The van der Waals surface area contributed by atoms with Gasteiger partial charge in [-0.05, 0) is 42.5 Å². The number of halogens is 3. The van der Waals surface area contributed by atoms with Crippen LogP contribution in [0.5, 0.6) is 0 Å². The quantitative estimate of drug-likeness (QED) is 0.391. The SMILES string of the molecule is O=[N+]([O-])c1ccc(-c2cc(C(F)(F)F)nn2-c2ccc(NS(=O)[O-])cc2)cc1. The zero-order valence-electron chi connectivity index (χ0n) is 13.7. The lowest BCUT2D eigenvalue weighted by atomic mass is 10.1. The van der Waals surface area contributed by atoms with E-state index in [4.69, 9.17) is 0 Å². The third kappa shape index (κ3) is 4.18. The molecule has 12 heteroatoms. The van der Waals surface area contributed by atoms with E-state index in [-0.39, 0.29) is 28.3 Å². The summed E-state index contributed by atoms with van der Waals surface area (Å²) in [5.41, 5.74) is -0.523. The number of alkyl halides is 3. The molecule has 0 aliphatic heterocycles. The van der Waals surface area contributed by atoms with Crippen molar-refractivity contribution in [2.75, 3.05) is 4.72 Å². The van der Waals surface area contributed by atoms with Gasteiger partial charge in [-0.25, -0.2) is 4.68 Å². The minimum absolute atomic E-state index is 0.0651. The molecule has 1 unspecified atom stereocenters. The molecular formula is C16H10F3N4O4S-. The van der Waals surface area contributed by atoms with Gasteiger partial charge in [-0.1, -0.05) is 0 Å². The number of hydrogen-bond acceptors (Lipinski definition) is 5. The molecule has 2 aromatic carbocycles. The van der Waals surface area contributed by atoms with Gasteiger partial charge in [0.05, 0.1) is 16.3 Å². The molecule has 0 amide bonds. The highest BCUT2D eigenvalue weighted by atomic mass is 32.2. The monoisotopic (exact) mass is 411 g/mol. The van der Waals surface area contributed by atoms with Crippen LogP contribution in [0.1, 0.15) is 5.69 Å². The zero-order chi connectivity index (χ0) is 20.5. The van der Waals surface area contributed by atoms with Gasteiger partial charge >= 0.3 is 6.18 Å². The highest BCUT2D eigenvalue weighted by Gasteiger charge is 2.35. The Hall–Kier alpha value is -3.25. The summed E-state index contributed by atoms with van der Waals surface area (Å²) < 4.78 is 63.9. The summed E-state index contributed by atoms with van der Waals surface area (Å²) in [4.78, 5) is 10.2. The van der Waals surface area contributed by atoms with Crippen molar-refractivity contribution in [2.24, 2.45) is 0 Å². The second-order valence-electron chi connectivity index (χ2n) is 5.51. The van der Waals surface area contributed by atoms with Gasteiger partial charge in [0.2, 0.25) is 0 Å². The highest BCUT2D eigenvalue weighted by molar-refractivity contribution is 7.80. The van der Waals surface area contributed by atoms with E-state index in [1.165, 1.54) is 48.5 Å². The van der Waals surface area contributed by atoms with E-state index in [0.717, 1.165) is 10.7 Å². The molecule has 0 saturated carbocycles. The van der Waals surface area contributed by atoms with Crippen molar-refractivity contribution in [3.05, 3.63) is 70.4 Å². The maximum absolute atomic E-state index is 13.1. The molecule has 0 aliphatic rings. The first-order valence-electron chi connectivity index (χ1n) is 7.53. The highest BCUT2D eigenvalue weighted by Crippen LogP contribution is 2.33. The van der Waals surface area contributed by atoms with Crippen molar-refractivity contribution < 1.29 is 26.9 Å². The predicted molar refractivity (Wildman–Crippen MR) is 93.2 cm³/mol. The molecule has 146 valence electrons. The topological polar surface area (TPSA) is 113 Å². The van der Waals surface area contributed by atoms with E-state index in [2.05, 4.69) is 9.82 Å². The molecule has 28 heavy (non-hydrogen) atoms. The Bertz CT molecular complexity index is 1030. The van der Waals surface area contributed by atoms with Gasteiger partial charge in [-0.15, -0.1) is 0 Å². The first-order valence-corrected chi connectivity index (χ1v) is 8.61. The predicted octanol–water partition coefficient (Wildman–Crippen LogP) is 3.67. The fourth-order valence-electron chi connectivity index (χ4n) is 2.44. The Morgan fingerprint density at radius 3 is 2.18 bits per heavy atom. The number of non-ortho nitro benzene ring substituents is 1. The number of benzene rings is 2. The number of nitrogens with zero attached hydrogens (tertiary/aromatic N) is 3. The van der Waals surface area contributed by atoms with Gasteiger partial charge in [0, 0.05) is 34.7 Å². The van der Waals surface area contributed by atoms with Crippen LogP contribution >= 0.6 is 0 Å². The fraction of sp³-hybridized carbons (Fsp3) is 0.0625. The molecule has 0 aliphatic carbocycles. The van der Waals surface area contributed by atoms with Crippen LogP contribution in [-0.2, 0) is 17.4 Å². The summed E-state index contributed by atoms with van der Waals surface area (Å²) in [6.07, 6.45) is -4.69. The van der Waals surface area contributed by atoms with Crippen molar-refractivity contribution in [3.63, 3.8) is 0 Å². The van der Waals surface area contributed by atoms with Crippen LogP contribution in [0.15, 0.2) is 54.6 Å². The Balaban J connectivity index is 2.08. The van der Waals surface area contributed by atoms with Gasteiger partial charge < -0.3 is 9.27 Å². The van der Waals surface area contributed by atoms with Crippen molar-refractivity contribution >= 4 is 22.6 Å². The minimum Gasteiger partial charge on any atom is -0.755 e. The van der Waals surface area contributed by atoms with E-state index in [9.17, 15) is 32.0 Å². The van der Waals surface area contributed by atoms with E-state index in [1.54, 1.807) is 0 Å². The van der Waals surface area contributed by atoms with Crippen molar-refractivity contribution in [3.8, 4) is 16.9 Å². The largest absolute Gasteiger partial charge is 0.755 e. The molecule has 1 heterocycles. The van der Waals surface area contributed by atoms with Crippen molar-refractivity contribution in [1.29, 1.82) is 0 Å². The third-order valence-corrected chi connectivity index (χ3v) is 4.09. The molecule has 0 radical (unpaired) electrons. The summed E-state index contributed by atoms with van der Waals surface area (Å²) in [5, 5.41) is 14.4. The smallest absolute Gasteiger partial charge is 0.435 e. The molecule has 0 spiro atoms. The van der Waals surface area contributed by atoms with E-state index >= 15 is 0 Å². The van der Waals surface area contributed by atoms with Crippen LogP contribution in [-0.4, -0.2) is 23.5 Å². The van der Waals surface area contributed by atoms with Crippen LogP contribution in [0.4, 0.5) is 24.5 Å². The lowest BCUT2D eigenvalue weighted by Crippen LogP contribution is -2.07. The van der Waals surface area contributed by atoms with Crippen molar-refractivity contribution in [1.82, 2.24) is 9.78 Å². The molecule has 1 aromatic heterocycles. The first kappa shape index (κ1) is 19.5. The molecule has 0 fully saturated rings. The molecule has 3 aromatic rings. The van der Waals surface area contributed by atoms with Gasteiger partial charge in [0.25, 0.3) is 5.69 Å². The lowest BCUT2D eigenvalue weighted by molar-refractivity contribution is -0.384. The number of hydrogen-bond donors (Lipinski definition) is 1. The molecule has 3 rings (SSSR count). The van der Waals surface area contributed by atoms with Crippen LogP contribution in [0.3, 0.4) is 0 Å². The second kappa shape index (κ2) is 7.40. The first-order chi connectivity index (χ1) is 13.1. The number of rotatable bonds is 5. The number of anilines is 1. The summed E-state index contributed by atoms with van der Waals surface area (Å²) in [5.74, 6) is 0. The second-order valence-corrected chi connectivity index (χ2v) is 6.19.